The molecule has 142 valence electrons. The van der Waals surface area contributed by atoms with Crippen LogP contribution in [0, 0.1) is 10.1 Å². The molecule has 0 unspecified atom stereocenters. The van der Waals surface area contributed by atoms with E-state index in [0.717, 1.165) is 5.56 Å². The fourth-order valence-electron chi connectivity index (χ4n) is 2.81. The molecule has 0 fully saturated rings. The monoisotopic (exact) mass is 376 g/mol. The van der Waals surface area contributed by atoms with Gasteiger partial charge in [0.05, 0.1) is 17.6 Å². The third-order valence-electron chi connectivity index (χ3n) is 4.28. The molecule has 0 aromatic heterocycles. The number of carbonyl (C=O) groups excluding carboxylic acids is 1. The Morgan fingerprint density at radius 2 is 1.64 bits per heavy atom. The second-order valence-electron chi connectivity index (χ2n) is 6.29. The van der Waals surface area contributed by atoms with Crippen molar-refractivity contribution >= 4 is 11.5 Å². The molecule has 6 nitrogen and oxygen atoms in total. The molecule has 0 heterocycles. The summed E-state index contributed by atoms with van der Waals surface area (Å²) >= 11 is 0. The van der Waals surface area contributed by atoms with Crippen LogP contribution in [0.1, 0.15) is 33.9 Å². The minimum absolute atomic E-state index is 0.0282. The Balaban J connectivity index is 1.76. The first-order chi connectivity index (χ1) is 13.6. The molecule has 3 aromatic rings. The van der Waals surface area contributed by atoms with Gasteiger partial charge in [0.2, 0.25) is 0 Å². The van der Waals surface area contributed by atoms with E-state index in [4.69, 9.17) is 4.84 Å². The number of non-ortho nitro benzene ring substituents is 1. The van der Waals surface area contributed by atoms with Crippen LogP contribution in [0.3, 0.4) is 0 Å². The molecule has 28 heavy (non-hydrogen) atoms. The maximum absolute atomic E-state index is 12.7. The summed E-state index contributed by atoms with van der Waals surface area (Å²) in [5, 5.41) is 11.1. The van der Waals surface area contributed by atoms with Crippen LogP contribution in [0.4, 0.5) is 5.69 Å². The van der Waals surface area contributed by atoms with Gasteiger partial charge >= 0.3 is 0 Å². The van der Waals surface area contributed by atoms with Crippen molar-refractivity contribution in [1.29, 1.82) is 0 Å². The third kappa shape index (κ3) is 5.33. The van der Waals surface area contributed by atoms with Crippen LogP contribution in [0.2, 0.25) is 0 Å². The maximum Gasteiger partial charge on any atom is 0.269 e. The number of nitrogens with zero attached hydrogens (tertiary/aromatic N) is 1. The molecule has 0 aliphatic carbocycles. The molecule has 0 saturated heterocycles. The summed E-state index contributed by atoms with van der Waals surface area (Å²) < 4.78 is 0. The molecular weight excluding hydrogens is 356 g/mol. The maximum atomic E-state index is 12.7. The van der Waals surface area contributed by atoms with E-state index in [0.29, 0.717) is 17.7 Å². The second-order valence-corrected chi connectivity index (χ2v) is 6.29. The van der Waals surface area contributed by atoms with Crippen LogP contribution in [-0.2, 0) is 11.4 Å². The number of benzene rings is 3. The Labute approximate surface area is 162 Å². The molecule has 0 aliphatic heterocycles. The van der Waals surface area contributed by atoms with Gasteiger partial charge in [-0.05, 0) is 11.1 Å². The number of Topliss-reactive ketones (excluding diaryl/α,β-unsaturated/α-hetero) is 1. The third-order valence-corrected chi connectivity index (χ3v) is 4.28. The lowest BCUT2D eigenvalue weighted by atomic mass is 9.98. The van der Waals surface area contributed by atoms with Crippen molar-refractivity contribution in [3.8, 4) is 0 Å². The number of hydrogen-bond donors (Lipinski definition) is 1. The molecule has 3 rings (SSSR count). The highest BCUT2D eigenvalue weighted by Gasteiger charge is 2.19. The summed E-state index contributed by atoms with van der Waals surface area (Å²) in [5.41, 5.74) is 5.06. The summed E-state index contributed by atoms with van der Waals surface area (Å²) in [6, 6.07) is 24.3. The first kappa shape index (κ1) is 19.4. The smallest absolute Gasteiger partial charge is 0.269 e. The van der Waals surface area contributed by atoms with Crippen molar-refractivity contribution in [1.82, 2.24) is 5.48 Å². The number of carbonyl (C=O) groups is 1. The largest absolute Gasteiger partial charge is 0.296 e. The molecule has 1 atom stereocenters. The molecule has 1 N–H and O–H groups in total. The van der Waals surface area contributed by atoms with Crippen LogP contribution < -0.4 is 5.48 Å². The predicted molar refractivity (Wildman–Crippen MR) is 106 cm³/mol. The lowest BCUT2D eigenvalue weighted by molar-refractivity contribution is -0.384. The molecule has 0 bridgehead atoms. The van der Waals surface area contributed by atoms with Gasteiger partial charge in [-0.25, -0.2) is 0 Å². The van der Waals surface area contributed by atoms with E-state index in [9.17, 15) is 14.9 Å². The summed E-state index contributed by atoms with van der Waals surface area (Å²) in [6.45, 7) is 0.311. The van der Waals surface area contributed by atoms with Crippen molar-refractivity contribution in [2.75, 3.05) is 0 Å². The number of nitrogens with one attached hydrogen (secondary N) is 1. The zero-order chi connectivity index (χ0) is 19.8. The van der Waals surface area contributed by atoms with Crippen LogP contribution in [0.15, 0.2) is 84.9 Å². The van der Waals surface area contributed by atoms with E-state index in [1.54, 1.807) is 36.4 Å². The Kier molecular flexibility index (Phi) is 6.62. The Morgan fingerprint density at radius 1 is 0.964 bits per heavy atom. The predicted octanol–water partition coefficient (Wildman–Crippen LogP) is 4.63. The topological polar surface area (TPSA) is 81.5 Å². The summed E-state index contributed by atoms with van der Waals surface area (Å²) in [4.78, 5) is 28.9. The van der Waals surface area contributed by atoms with Crippen LogP contribution in [0.5, 0.6) is 0 Å². The summed E-state index contributed by atoms with van der Waals surface area (Å²) in [7, 11) is 0. The molecule has 0 saturated carbocycles. The van der Waals surface area contributed by atoms with Gasteiger partial charge in [0, 0.05) is 24.1 Å². The first-order valence-corrected chi connectivity index (χ1v) is 8.87. The van der Waals surface area contributed by atoms with Crippen molar-refractivity contribution in [3.63, 3.8) is 0 Å². The lowest BCUT2D eigenvalue weighted by Crippen LogP contribution is -2.24. The van der Waals surface area contributed by atoms with Gasteiger partial charge in [-0.15, -0.1) is 0 Å². The molecule has 0 spiro atoms. The molecule has 0 amide bonds. The fraction of sp³-hybridized carbons (Fsp3) is 0.136. The number of rotatable bonds is 9. The second kappa shape index (κ2) is 9.55. The molecule has 3 aromatic carbocycles. The fourth-order valence-corrected chi connectivity index (χ4v) is 2.81. The highest BCUT2D eigenvalue weighted by molar-refractivity contribution is 5.96. The molecule has 6 heteroatoms. The van der Waals surface area contributed by atoms with E-state index in [-0.39, 0.29) is 17.9 Å². The highest BCUT2D eigenvalue weighted by atomic mass is 16.6. The van der Waals surface area contributed by atoms with E-state index >= 15 is 0 Å². The quantitative estimate of drug-likeness (QED) is 0.334. The van der Waals surface area contributed by atoms with E-state index in [1.807, 2.05) is 36.4 Å². The van der Waals surface area contributed by atoms with E-state index in [2.05, 4.69) is 5.48 Å². The van der Waals surface area contributed by atoms with Gasteiger partial charge < -0.3 is 0 Å². The van der Waals surface area contributed by atoms with Gasteiger partial charge in [0.25, 0.3) is 5.69 Å². The number of ketones is 1. The zero-order valence-electron chi connectivity index (χ0n) is 15.2. The highest BCUT2D eigenvalue weighted by Crippen LogP contribution is 2.23. The lowest BCUT2D eigenvalue weighted by Gasteiger charge is -2.18. The number of hydrogen-bond acceptors (Lipinski definition) is 5. The van der Waals surface area contributed by atoms with Crippen LogP contribution in [0.25, 0.3) is 0 Å². The van der Waals surface area contributed by atoms with Gasteiger partial charge in [0.15, 0.2) is 5.78 Å². The van der Waals surface area contributed by atoms with Crippen LogP contribution >= 0.6 is 0 Å². The minimum Gasteiger partial charge on any atom is -0.296 e. The number of nitro benzene ring substituents is 1. The first-order valence-electron chi connectivity index (χ1n) is 8.87. The Bertz CT molecular complexity index is 930. The SMILES string of the molecule is O=C(C[C@@H](NOCc1ccccc1)c1cccc([N+](=O)[O-])c1)c1ccccc1. The van der Waals surface area contributed by atoms with Crippen molar-refractivity contribution in [2.24, 2.45) is 0 Å². The normalized spacial score (nSPS) is 11.7. The van der Waals surface area contributed by atoms with Gasteiger partial charge in [-0.1, -0.05) is 72.8 Å². The Morgan fingerprint density at radius 3 is 2.32 bits per heavy atom. The van der Waals surface area contributed by atoms with Crippen molar-refractivity contribution in [3.05, 3.63) is 112 Å². The zero-order valence-corrected chi connectivity index (χ0v) is 15.2. The Hall–Kier alpha value is -3.35. The molecule has 0 aliphatic rings. The average molecular weight is 376 g/mol. The standard InChI is InChI=1S/C22H20N2O4/c25-22(18-10-5-2-6-11-18)15-21(19-12-7-13-20(14-19)24(26)27)23-28-16-17-8-3-1-4-9-17/h1-14,21,23H,15-16H2/t21-/m1/s1. The van der Waals surface area contributed by atoms with E-state index in [1.165, 1.54) is 12.1 Å². The number of nitro groups is 1. The van der Waals surface area contributed by atoms with Crippen LogP contribution in [-0.4, -0.2) is 10.7 Å². The van der Waals surface area contributed by atoms with Crippen molar-refractivity contribution < 1.29 is 14.6 Å². The van der Waals surface area contributed by atoms with E-state index < -0.39 is 11.0 Å². The number of hydroxylamine groups is 1. The van der Waals surface area contributed by atoms with Gasteiger partial charge in [-0.3, -0.25) is 19.7 Å². The van der Waals surface area contributed by atoms with Gasteiger partial charge in [-0.2, -0.15) is 5.48 Å². The van der Waals surface area contributed by atoms with Crippen molar-refractivity contribution in [2.45, 2.75) is 19.1 Å². The minimum atomic E-state index is -0.517. The van der Waals surface area contributed by atoms with Gasteiger partial charge in [0.1, 0.15) is 0 Å². The summed E-state index contributed by atoms with van der Waals surface area (Å²) in [5.74, 6) is -0.0760. The molecule has 0 radical (unpaired) electrons. The molecular formula is C22H20N2O4. The average Bonchev–Trinajstić information content (AvgIpc) is 2.74. The summed E-state index contributed by atoms with van der Waals surface area (Å²) in [6.07, 6.45) is 0.111.